The molecule has 2 aromatic rings. The molecule has 0 aliphatic carbocycles. The van der Waals surface area contributed by atoms with Crippen molar-refractivity contribution in [2.24, 2.45) is 0 Å². The van der Waals surface area contributed by atoms with Gasteiger partial charge < -0.3 is 18.9 Å². The van der Waals surface area contributed by atoms with Gasteiger partial charge in [-0.3, -0.25) is 4.79 Å². The maximum Gasteiger partial charge on any atom is 0.344 e. The first-order valence-electron chi connectivity index (χ1n) is 7.43. The lowest BCUT2D eigenvalue weighted by atomic mass is 10.1. The highest BCUT2D eigenvalue weighted by Gasteiger charge is 2.16. The third-order valence-corrected chi connectivity index (χ3v) is 3.84. The number of halogens is 2. The van der Waals surface area contributed by atoms with E-state index in [0.29, 0.717) is 16.5 Å². The number of carbonyl (C=O) groups is 2. The summed E-state index contributed by atoms with van der Waals surface area (Å²) in [7, 11) is 2.94. The van der Waals surface area contributed by atoms with Gasteiger partial charge >= 0.3 is 5.97 Å². The number of esters is 1. The summed E-state index contributed by atoms with van der Waals surface area (Å²) in [4.78, 5) is 24.0. The molecule has 6 nitrogen and oxygen atoms in total. The Kier molecular flexibility index (Phi) is 7.12. The molecular formula is C18H16Cl2O6. The summed E-state index contributed by atoms with van der Waals surface area (Å²) >= 11 is 11.7. The Morgan fingerprint density at radius 3 is 2.35 bits per heavy atom. The number of carbonyl (C=O) groups excluding carboxylic acids is 2. The third-order valence-electron chi connectivity index (χ3n) is 3.31. The van der Waals surface area contributed by atoms with Crippen molar-refractivity contribution in [2.45, 2.75) is 0 Å². The number of ketones is 1. The number of hydrogen-bond donors (Lipinski definition) is 0. The zero-order valence-corrected chi connectivity index (χ0v) is 15.6. The van der Waals surface area contributed by atoms with Crippen molar-refractivity contribution in [2.75, 3.05) is 27.4 Å². The first kappa shape index (κ1) is 19.9. The summed E-state index contributed by atoms with van der Waals surface area (Å²) in [5, 5.41) is 0.716. The molecule has 0 N–H and O–H groups in total. The molecule has 0 aliphatic heterocycles. The number of rotatable bonds is 8. The van der Waals surface area contributed by atoms with E-state index >= 15 is 0 Å². The molecule has 2 aromatic carbocycles. The van der Waals surface area contributed by atoms with E-state index in [4.69, 9.17) is 42.1 Å². The molecule has 0 heterocycles. The lowest BCUT2D eigenvalue weighted by Gasteiger charge is -2.11. The van der Waals surface area contributed by atoms with Crippen molar-refractivity contribution >= 4 is 35.0 Å². The summed E-state index contributed by atoms with van der Waals surface area (Å²) < 4.78 is 20.4. The van der Waals surface area contributed by atoms with Gasteiger partial charge in [-0.1, -0.05) is 23.2 Å². The quantitative estimate of drug-likeness (QED) is 0.497. The standard InChI is InChI=1S/C18H16Cl2O6/c1-23-12-4-5-13(17(8-12)24-2)15(21)9-26-18(22)10-25-16-6-3-11(19)7-14(16)20/h3-8H,9-10H2,1-2H3. The average molecular weight is 399 g/mol. The van der Waals surface area contributed by atoms with Gasteiger partial charge in [-0.25, -0.2) is 4.79 Å². The molecule has 0 aliphatic rings. The molecule has 0 saturated heterocycles. The van der Waals surface area contributed by atoms with Gasteiger partial charge in [0, 0.05) is 11.1 Å². The van der Waals surface area contributed by atoms with E-state index in [9.17, 15) is 9.59 Å². The van der Waals surface area contributed by atoms with Crippen molar-refractivity contribution < 1.29 is 28.5 Å². The zero-order chi connectivity index (χ0) is 19.1. The van der Waals surface area contributed by atoms with E-state index in [1.807, 2.05) is 0 Å². The second kappa shape index (κ2) is 9.31. The van der Waals surface area contributed by atoms with Crippen LogP contribution in [0.15, 0.2) is 36.4 Å². The van der Waals surface area contributed by atoms with Crippen LogP contribution in [0, 0.1) is 0 Å². The van der Waals surface area contributed by atoms with E-state index in [1.165, 1.54) is 32.4 Å². The van der Waals surface area contributed by atoms with Gasteiger partial charge in [0.1, 0.15) is 17.2 Å². The van der Waals surface area contributed by atoms with Crippen LogP contribution in [0.1, 0.15) is 10.4 Å². The van der Waals surface area contributed by atoms with Gasteiger partial charge in [0.2, 0.25) is 5.78 Å². The molecule has 0 radical (unpaired) electrons. The molecule has 0 atom stereocenters. The lowest BCUT2D eigenvalue weighted by molar-refractivity contribution is -0.144. The predicted molar refractivity (Wildman–Crippen MR) is 96.8 cm³/mol. The van der Waals surface area contributed by atoms with Crippen LogP contribution in [-0.2, 0) is 9.53 Å². The Morgan fingerprint density at radius 2 is 1.69 bits per heavy atom. The van der Waals surface area contributed by atoms with Crippen LogP contribution < -0.4 is 14.2 Å². The summed E-state index contributed by atoms with van der Waals surface area (Å²) in [5.41, 5.74) is 0.280. The van der Waals surface area contributed by atoms with Crippen LogP contribution >= 0.6 is 23.2 Å². The van der Waals surface area contributed by atoms with Crippen LogP contribution in [-0.4, -0.2) is 39.2 Å². The number of ether oxygens (including phenoxy) is 4. The second-order valence-electron chi connectivity index (χ2n) is 5.01. The van der Waals surface area contributed by atoms with Crippen molar-refractivity contribution in [3.8, 4) is 17.2 Å². The highest BCUT2D eigenvalue weighted by atomic mass is 35.5. The van der Waals surface area contributed by atoms with Crippen molar-refractivity contribution in [3.63, 3.8) is 0 Å². The van der Waals surface area contributed by atoms with Crippen molar-refractivity contribution in [3.05, 3.63) is 52.0 Å². The molecule has 0 amide bonds. The highest BCUT2D eigenvalue weighted by molar-refractivity contribution is 6.35. The zero-order valence-electron chi connectivity index (χ0n) is 14.1. The Hall–Kier alpha value is -2.44. The minimum Gasteiger partial charge on any atom is -0.497 e. The molecule has 8 heteroatoms. The average Bonchev–Trinajstić information content (AvgIpc) is 2.64. The Balaban J connectivity index is 1.89. The van der Waals surface area contributed by atoms with E-state index in [1.54, 1.807) is 18.2 Å². The van der Waals surface area contributed by atoms with E-state index in [-0.39, 0.29) is 16.3 Å². The number of Topliss-reactive ketones (excluding diaryl/α,β-unsaturated/α-hetero) is 1. The van der Waals surface area contributed by atoms with Crippen LogP contribution in [0.5, 0.6) is 17.2 Å². The predicted octanol–water partition coefficient (Wildman–Crippen LogP) is 3.82. The van der Waals surface area contributed by atoms with Gasteiger partial charge in [-0.2, -0.15) is 0 Å². The fourth-order valence-corrected chi connectivity index (χ4v) is 2.49. The molecule has 0 bridgehead atoms. The van der Waals surface area contributed by atoms with E-state index in [2.05, 4.69) is 0 Å². The molecule has 26 heavy (non-hydrogen) atoms. The Morgan fingerprint density at radius 1 is 0.923 bits per heavy atom. The Labute approximate surface area is 160 Å². The molecule has 0 aromatic heterocycles. The van der Waals surface area contributed by atoms with Gasteiger partial charge in [0.15, 0.2) is 13.2 Å². The maximum absolute atomic E-state index is 12.2. The summed E-state index contributed by atoms with van der Waals surface area (Å²) in [5.74, 6) is 0.0358. The van der Waals surface area contributed by atoms with Crippen LogP contribution in [0.25, 0.3) is 0 Å². The molecule has 138 valence electrons. The van der Waals surface area contributed by atoms with E-state index in [0.717, 1.165) is 0 Å². The summed E-state index contributed by atoms with van der Waals surface area (Å²) in [6.07, 6.45) is 0. The smallest absolute Gasteiger partial charge is 0.344 e. The lowest BCUT2D eigenvalue weighted by Crippen LogP contribution is -2.20. The first-order chi connectivity index (χ1) is 12.4. The SMILES string of the molecule is COc1ccc(C(=O)COC(=O)COc2ccc(Cl)cc2Cl)c(OC)c1. The van der Waals surface area contributed by atoms with Gasteiger partial charge in [0.05, 0.1) is 24.8 Å². The molecule has 0 unspecified atom stereocenters. The summed E-state index contributed by atoms with van der Waals surface area (Å²) in [6, 6.07) is 9.32. The molecule has 0 spiro atoms. The maximum atomic E-state index is 12.2. The fourth-order valence-electron chi connectivity index (χ4n) is 2.02. The number of benzene rings is 2. The monoisotopic (exact) mass is 398 g/mol. The second-order valence-corrected chi connectivity index (χ2v) is 5.86. The van der Waals surface area contributed by atoms with Crippen molar-refractivity contribution in [1.82, 2.24) is 0 Å². The topological polar surface area (TPSA) is 71.1 Å². The highest BCUT2D eigenvalue weighted by Crippen LogP contribution is 2.27. The molecule has 2 rings (SSSR count). The Bertz CT molecular complexity index is 806. The largest absolute Gasteiger partial charge is 0.497 e. The molecule has 0 saturated carbocycles. The normalized spacial score (nSPS) is 10.2. The minimum atomic E-state index is -0.711. The fraction of sp³-hybridized carbons (Fsp3) is 0.222. The number of methoxy groups -OCH3 is 2. The van der Waals surface area contributed by atoms with Gasteiger partial charge in [0.25, 0.3) is 0 Å². The minimum absolute atomic E-state index is 0.268. The third kappa shape index (κ3) is 5.28. The summed E-state index contributed by atoms with van der Waals surface area (Å²) in [6.45, 7) is -0.840. The van der Waals surface area contributed by atoms with Gasteiger partial charge in [-0.05, 0) is 30.3 Å². The van der Waals surface area contributed by atoms with Crippen LogP contribution in [0.4, 0.5) is 0 Å². The number of hydrogen-bond acceptors (Lipinski definition) is 6. The molecule has 0 fully saturated rings. The van der Waals surface area contributed by atoms with Crippen LogP contribution in [0.2, 0.25) is 10.0 Å². The van der Waals surface area contributed by atoms with Crippen molar-refractivity contribution in [1.29, 1.82) is 0 Å². The molecular weight excluding hydrogens is 383 g/mol. The van der Waals surface area contributed by atoms with Gasteiger partial charge in [-0.15, -0.1) is 0 Å². The van der Waals surface area contributed by atoms with Crippen LogP contribution in [0.3, 0.4) is 0 Å². The van der Waals surface area contributed by atoms with E-state index < -0.39 is 25.0 Å². The first-order valence-corrected chi connectivity index (χ1v) is 8.19.